The van der Waals surface area contributed by atoms with Crippen LogP contribution in [-0.2, 0) is 0 Å². The van der Waals surface area contributed by atoms with Gasteiger partial charge in [-0.15, -0.1) is 11.3 Å². The van der Waals surface area contributed by atoms with Gasteiger partial charge in [-0.1, -0.05) is 0 Å². The highest BCUT2D eigenvalue weighted by Crippen LogP contribution is 2.21. The third kappa shape index (κ3) is 2.96. The average molecular weight is 242 g/mol. The molecule has 0 aliphatic carbocycles. The van der Waals surface area contributed by atoms with Gasteiger partial charge in [0, 0.05) is 19.2 Å². The molecule has 1 rings (SSSR count). The summed E-state index contributed by atoms with van der Waals surface area (Å²) < 4.78 is 0. The van der Waals surface area contributed by atoms with Crippen molar-refractivity contribution in [1.82, 2.24) is 4.90 Å². The van der Waals surface area contributed by atoms with E-state index in [2.05, 4.69) is 0 Å². The Balaban J connectivity index is 2.79. The molecule has 1 aromatic heterocycles. The monoisotopic (exact) mass is 242 g/mol. The van der Waals surface area contributed by atoms with E-state index in [0.717, 1.165) is 0 Å². The van der Waals surface area contributed by atoms with Crippen molar-refractivity contribution < 1.29 is 9.90 Å². The van der Waals surface area contributed by atoms with Crippen molar-refractivity contribution in [2.75, 3.05) is 18.9 Å². The summed E-state index contributed by atoms with van der Waals surface area (Å²) >= 11 is 1.36. The fraction of sp³-hybridized carbons (Fsp3) is 0.545. The first-order chi connectivity index (χ1) is 7.57. The van der Waals surface area contributed by atoms with Crippen LogP contribution in [0.1, 0.15) is 29.9 Å². The zero-order valence-electron chi connectivity index (χ0n) is 9.64. The van der Waals surface area contributed by atoms with E-state index in [1.165, 1.54) is 11.3 Å². The molecule has 0 fully saturated rings. The lowest BCUT2D eigenvalue weighted by Crippen LogP contribution is -2.37. The van der Waals surface area contributed by atoms with E-state index in [1.807, 2.05) is 19.2 Å². The molecule has 0 aliphatic heterocycles. The van der Waals surface area contributed by atoms with Gasteiger partial charge in [-0.2, -0.15) is 0 Å². The molecule has 0 saturated heterocycles. The molecule has 90 valence electrons. The molecule has 1 amide bonds. The number of nitrogen functional groups attached to an aromatic ring is 1. The maximum Gasteiger partial charge on any atom is 0.266 e. The first-order valence-corrected chi connectivity index (χ1v) is 6.20. The smallest absolute Gasteiger partial charge is 0.266 e. The van der Waals surface area contributed by atoms with E-state index in [1.54, 1.807) is 11.0 Å². The van der Waals surface area contributed by atoms with Gasteiger partial charge in [0.15, 0.2) is 0 Å². The minimum Gasteiger partial charge on any atom is -0.397 e. The minimum atomic E-state index is -0.0454. The fourth-order valence-electron chi connectivity index (χ4n) is 1.46. The lowest BCUT2D eigenvalue weighted by Gasteiger charge is -2.26. The molecule has 3 N–H and O–H groups in total. The maximum atomic E-state index is 12.1. The molecule has 4 nitrogen and oxygen atoms in total. The summed E-state index contributed by atoms with van der Waals surface area (Å²) in [6, 6.07) is 1.85. The van der Waals surface area contributed by atoms with Gasteiger partial charge in [0.1, 0.15) is 4.88 Å². The maximum absolute atomic E-state index is 12.1. The summed E-state index contributed by atoms with van der Waals surface area (Å²) in [5.41, 5.74) is 6.25. The molecule has 16 heavy (non-hydrogen) atoms. The summed E-state index contributed by atoms with van der Waals surface area (Å²) in [6.45, 7) is 4.57. The zero-order valence-corrected chi connectivity index (χ0v) is 10.5. The Morgan fingerprint density at radius 2 is 2.31 bits per heavy atom. The summed E-state index contributed by atoms with van der Waals surface area (Å²) in [5, 5.41) is 10.6. The molecule has 5 heteroatoms. The Hall–Kier alpha value is -1.07. The van der Waals surface area contributed by atoms with Crippen LogP contribution < -0.4 is 5.73 Å². The second-order valence-corrected chi connectivity index (χ2v) is 4.79. The van der Waals surface area contributed by atoms with Crippen molar-refractivity contribution in [2.45, 2.75) is 26.3 Å². The van der Waals surface area contributed by atoms with Crippen LogP contribution >= 0.6 is 11.3 Å². The number of nitrogens with zero attached hydrogens (tertiary/aromatic N) is 1. The predicted octanol–water partition coefficient (Wildman–Crippen LogP) is 1.56. The van der Waals surface area contributed by atoms with Gasteiger partial charge in [-0.3, -0.25) is 4.79 Å². The van der Waals surface area contributed by atoms with Crippen LogP contribution in [0.15, 0.2) is 11.4 Å². The van der Waals surface area contributed by atoms with E-state index in [0.29, 0.717) is 23.5 Å². The number of carbonyl (C=O) groups excluding carboxylic acids is 1. The van der Waals surface area contributed by atoms with Crippen molar-refractivity contribution in [3.8, 4) is 0 Å². The predicted molar refractivity (Wildman–Crippen MR) is 66.6 cm³/mol. The van der Waals surface area contributed by atoms with Gasteiger partial charge in [0.2, 0.25) is 0 Å². The van der Waals surface area contributed by atoms with Gasteiger partial charge < -0.3 is 15.7 Å². The van der Waals surface area contributed by atoms with Gasteiger partial charge in [-0.05, 0) is 31.7 Å². The molecule has 0 aliphatic rings. The highest BCUT2D eigenvalue weighted by Gasteiger charge is 2.21. The van der Waals surface area contributed by atoms with Crippen molar-refractivity contribution in [1.29, 1.82) is 0 Å². The van der Waals surface area contributed by atoms with Crippen LogP contribution in [0.3, 0.4) is 0 Å². The molecule has 1 heterocycles. The molecule has 0 saturated carbocycles. The number of rotatable bonds is 5. The highest BCUT2D eigenvalue weighted by molar-refractivity contribution is 7.12. The number of aliphatic hydroxyl groups is 1. The van der Waals surface area contributed by atoms with Crippen molar-refractivity contribution in [2.24, 2.45) is 0 Å². The number of hydrogen-bond acceptors (Lipinski definition) is 4. The lowest BCUT2D eigenvalue weighted by molar-refractivity contribution is 0.0699. The molecule has 0 atom stereocenters. The number of thiophene rings is 1. The second-order valence-electron chi connectivity index (χ2n) is 3.87. The minimum absolute atomic E-state index is 0.0454. The van der Waals surface area contributed by atoms with E-state index in [4.69, 9.17) is 10.8 Å². The number of anilines is 1. The van der Waals surface area contributed by atoms with Gasteiger partial charge in [-0.25, -0.2) is 0 Å². The van der Waals surface area contributed by atoms with Crippen LogP contribution in [0.2, 0.25) is 0 Å². The van der Waals surface area contributed by atoms with Gasteiger partial charge in [0.25, 0.3) is 5.91 Å². The Morgan fingerprint density at radius 3 is 2.75 bits per heavy atom. The largest absolute Gasteiger partial charge is 0.397 e. The van der Waals surface area contributed by atoms with Crippen LogP contribution in [0.25, 0.3) is 0 Å². The summed E-state index contributed by atoms with van der Waals surface area (Å²) in [5.74, 6) is -0.0454. The fourth-order valence-corrected chi connectivity index (χ4v) is 2.23. The summed E-state index contributed by atoms with van der Waals surface area (Å²) in [4.78, 5) is 14.5. The third-order valence-corrected chi connectivity index (χ3v) is 3.25. The number of nitrogens with two attached hydrogens (primary N) is 1. The first-order valence-electron chi connectivity index (χ1n) is 5.32. The lowest BCUT2D eigenvalue weighted by atomic mass is 10.2. The second kappa shape index (κ2) is 5.86. The molecular weight excluding hydrogens is 224 g/mol. The Bertz CT molecular complexity index is 350. The number of aliphatic hydroxyl groups excluding tert-OH is 1. The molecule has 0 aromatic carbocycles. The van der Waals surface area contributed by atoms with Gasteiger partial charge in [0.05, 0.1) is 5.69 Å². The molecule has 0 bridgehead atoms. The number of carbonyl (C=O) groups is 1. The normalized spacial score (nSPS) is 10.8. The topological polar surface area (TPSA) is 66.6 Å². The molecule has 0 unspecified atom stereocenters. The van der Waals surface area contributed by atoms with E-state index < -0.39 is 0 Å². The molecule has 1 aromatic rings. The summed E-state index contributed by atoms with van der Waals surface area (Å²) in [6.07, 6.45) is 0.592. The van der Waals surface area contributed by atoms with Crippen molar-refractivity contribution in [3.05, 3.63) is 16.3 Å². The first kappa shape index (κ1) is 13.0. The highest BCUT2D eigenvalue weighted by atomic mass is 32.1. The van der Waals surface area contributed by atoms with Crippen LogP contribution in [0, 0.1) is 0 Å². The van der Waals surface area contributed by atoms with E-state index >= 15 is 0 Å². The Kier molecular flexibility index (Phi) is 4.76. The quantitative estimate of drug-likeness (QED) is 0.823. The molecule has 0 radical (unpaired) electrons. The third-order valence-electron chi connectivity index (χ3n) is 2.33. The van der Waals surface area contributed by atoms with Crippen molar-refractivity contribution >= 4 is 22.9 Å². The average Bonchev–Trinajstić information content (AvgIpc) is 2.64. The van der Waals surface area contributed by atoms with Crippen LogP contribution in [0.4, 0.5) is 5.69 Å². The Labute approximate surface area is 99.7 Å². The standard InChI is InChI=1S/C11H18N2O2S/c1-8(2)13(5-3-6-14)11(15)10-9(12)4-7-16-10/h4,7-8,14H,3,5-6,12H2,1-2H3. The Morgan fingerprint density at radius 1 is 1.62 bits per heavy atom. The zero-order chi connectivity index (χ0) is 12.1. The summed E-state index contributed by atoms with van der Waals surface area (Å²) in [7, 11) is 0. The number of hydrogen-bond donors (Lipinski definition) is 2. The number of amides is 1. The van der Waals surface area contributed by atoms with Gasteiger partial charge >= 0.3 is 0 Å². The van der Waals surface area contributed by atoms with Crippen LogP contribution in [-0.4, -0.2) is 35.1 Å². The SMILES string of the molecule is CC(C)N(CCCO)C(=O)c1sccc1N. The van der Waals surface area contributed by atoms with Crippen molar-refractivity contribution in [3.63, 3.8) is 0 Å². The van der Waals surface area contributed by atoms with Crippen LogP contribution in [0.5, 0.6) is 0 Å². The molecule has 0 spiro atoms. The molecular formula is C11H18N2O2S. The van der Waals surface area contributed by atoms with E-state index in [-0.39, 0.29) is 18.6 Å². The van der Waals surface area contributed by atoms with E-state index in [9.17, 15) is 4.79 Å².